The van der Waals surface area contributed by atoms with E-state index in [1.165, 1.54) is 96.3 Å². The second-order valence-corrected chi connectivity index (χ2v) is 17.3. The number of carbonyl (C=O) groups excluding carboxylic acids is 2. The summed E-state index contributed by atoms with van der Waals surface area (Å²) in [5.74, 6) is -1.10. The summed E-state index contributed by atoms with van der Waals surface area (Å²) in [5, 5.41) is 50.0. The zero-order valence-electron chi connectivity index (χ0n) is 35.4. The molecule has 1 saturated carbocycles. The van der Waals surface area contributed by atoms with Crippen molar-refractivity contribution in [2.24, 2.45) is 0 Å². The Labute approximate surface area is 343 Å². The standard InChI is InChI=1S/C43H81O13P/c1-3-5-7-9-11-13-15-16-17-18-19-20-22-23-25-27-29-31-36(44)53-33-35(55-37(45)32-30-28-26-24-21-14-12-10-8-6-4-2)34-54-57(51,52)56-43-41(49)39(47)38(46)40(48)42(43)50/h10,12,35,38-43,46-50H,3-9,11,13-34H2,1-2H3,(H,51,52)/b12-10+/t35-,38?,39-,40?,41?,42?,43?/m0/s1. The summed E-state index contributed by atoms with van der Waals surface area (Å²) in [7, 11) is -5.11. The fraction of sp³-hybridized carbons (Fsp3) is 0.907. The minimum Gasteiger partial charge on any atom is -0.462 e. The number of allylic oxidation sites excluding steroid dienone is 2. The Morgan fingerprint density at radius 3 is 1.39 bits per heavy atom. The maximum Gasteiger partial charge on any atom is 0.472 e. The number of phosphoric ester groups is 1. The van der Waals surface area contributed by atoms with Crippen molar-refractivity contribution in [3.05, 3.63) is 12.2 Å². The van der Waals surface area contributed by atoms with E-state index in [9.17, 15) is 44.6 Å². The SMILES string of the molecule is CCCC/C=C/CCCCCCCC(=O)O[C@@H](COC(=O)CCCCCCCCCCCCCCCCCCC)COP(=O)(O)OC1C(O)C(O)C(O)[C@H](O)C1O. The van der Waals surface area contributed by atoms with Crippen LogP contribution in [0.15, 0.2) is 12.2 Å². The number of hydrogen-bond donors (Lipinski definition) is 6. The second-order valence-electron chi connectivity index (χ2n) is 15.9. The first kappa shape index (κ1) is 53.6. The Kier molecular flexibility index (Phi) is 32.3. The molecule has 8 atom stereocenters. The fourth-order valence-electron chi connectivity index (χ4n) is 6.92. The summed E-state index contributed by atoms with van der Waals surface area (Å²) < 4.78 is 33.4. The quantitative estimate of drug-likeness (QED) is 0.0151. The molecule has 0 saturated heterocycles. The van der Waals surface area contributed by atoms with Gasteiger partial charge in [0, 0.05) is 12.8 Å². The van der Waals surface area contributed by atoms with E-state index in [4.69, 9.17) is 18.5 Å². The molecule has 0 radical (unpaired) electrons. The van der Waals surface area contributed by atoms with Gasteiger partial charge in [-0.25, -0.2) is 4.57 Å². The predicted octanol–water partition coefficient (Wildman–Crippen LogP) is 8.28. The van der Waals surface area contributed by atoms with Crippen molar-refractivity contribution in [3.63, 3.8) is 0 Å². The molecule has 1 aliphatic rings. The zero-order chi connectivity index (χ0) is 42.2. The molecule has 1 fully saturated rings. The smallest absolute Gasteiger partial charge is 0.462 e. The van der Waals surface area contributed by atoms with Crippen molar-refractivity contribution < 1.29 is 63.1 Å². The molecule has 0 aliphatic heterocycles. The number of rotatable bonds is 37. The number of hydrogen-bond acceptors (Lipinski definition) is 12. The number of carbonyl (C=O) groups is 2. The van der Waals surface area contributed by atoms with Crippen LogP contribution in [0.5, 0.6) is 0 Å². The first-order chi connectivity index (χ1) is 27.4. The summed E-state index contributed by atoms with van der Waals surface area (Å²) in [6.07, 6.45) is 21.4. The molecule has 13 nitrogen and oxygen atoms in total. The van der Waals surface area contributed by atoms with Crippen LogP contribution in [-0.2, 0) is 32.7 Å². The number of unbranched alkanes of at least 4 members (excludes halogenated alkanes) is 23. The van der Waals surface area contributed by atoms with E-state index in [1.807, 2.05) is 0 Å². The van der Waals surface area contributed by atoms with E-state index in [-0.39, 0.29) is 12.8 Å². The van der Waals surface area contributed by atoms with E-state index in [0.717, 1.165) is 57.8 Å². The highest BCUT2D eigenvalue weighted by atomic mass is 31.2. The number of aliphatic hydroxyl groups excluding tert-OH is 5. The molecule has 0 heterocycles. The molecule has 0 bridgehead atoms. The monoisotopic (exact) mass is 837 g/mol. The van der Waals surface area contributed by atoms with Crippen LogP contribution in [0.3, 0.4) is 0 Å². The van der Waals surface area contributed by atoms with Gasteiger partial charge in [-0.05, 0) is 32.1 Å². The van der Waals surface area contributed by atoms with Gasteiger partial charge in [-0.2, -0.15) is 0 Å². The normalized spacial score (nSPS) is 22.7. The van der Waals surface area contributed by atoms with Crippen LogP contribution in [-0.4, -0.2) is 98.3 Å². The molecule has 14 heteroatoms. The third-order valence-corrected chi connectivity index (χ3v) is 11.6. The van der Waals surface area contributed by atoms with Crippen LogP contribution < -0.4 is 0 Å². The summed E-state index contributed by atoms with van der Waals surface area (Å²) in [5.41, 5.74) is 0. The van der Waals surface area contributed by atoms with Gasteiger partial charge in [0.25, 0.3) is 0 Å². The van der Waals surface area contributed by atoms with Gasteiger partial charge in [0.05, 0.1) is 6.61 Å². The Balaban J connectivity index is 2.44. The first-order valence-corrected chi connectivity index (χ1v) is 24.0. The van der Waals surface area contributed by atoms with Crippen LogP contribution in [0.4, 0.5) is 0 Å². The molecule has 0 aromatic rings. The average molecular weight is 837 g/mol. The lowest BCUT2D eigenvalue weighted by molar-refractivity contribution is -0.220. The molecular formula is C43H81O13P. The molecule has 0 aromatic carbocycles. The summed E-state index contributed by atoms with van der Waals surface area (Å²) in [4.78, 5) is 35.6. The van der Waals surface area contributed by atoms with E-state index in [1.54, 1.807) is 0 Å². The molecule has 6 unspecified atom stereocenters. The molecule has 336 valence electrons. The van der Waals surface area contributed by atoms with Gasteiger partial charge in [0.15, 0.2) is 6.10 Å². The van der Waals surface area contributed by atoms with Gasteiger partial charge in [-0.1, -0.05) is 161 Å². The molecule has 6 N–H and O–H groups in total. The van der Waals surface area contributed by atoms with Gasteiger partial charge in [0.1, 0.15) is 43.2 Å². The Morgan fingerprint density at radius 1 is 0.526 bits per heavy atom. The highest BCUT2D eigenvalue weighted by Crippen LogP contribution is 2.47. The van der Waals surface area contributed by atoms with E-state index >= 15 is 0 Å². The number of ether oxygens (including phenoxy) is 2. The molecule has 1 aliphatic carbocycles. The zero-order valence-corrected chi connectivity index (χ0v) is 36.3. The molecule has 57 heavy (non-hydrogen) atoms. The van der Waals surface area contributed by atoms with Crippen molar-refractivity contribution in [1.29, 1.82) is 0 Å². The second kappa shape index (κ2) is 34.3. The third-order valence-electron chi connectivity index (χ3n) is 10.6. The third kappa shape index (κ3) is 27.1. The molecule has 1 rings (SSSR count). The Bertz CT molecular complexity index is 1060. The Morgan fingerprint density at radius 2 is 0.912 bits per heavy atom. The molecule has 0 aromatic heterocycles. The number of aliphatic hydroxyl groups is 5. The first-order valence-electron chi connectivity index (χ1n) is 22.5. The van der Waals surface area contributed by atoms with Crippen molar-refractivity contribution in [1.82, 2.24) is 0 Å². The summed E-state index contributed by atoms with van der Waals surface area (Å²) in [6, 6.07) is 0. The van der Waals surface area contributed by atoms with Crippen molar-refractivity contribution in [2.75, 3.05) is 13.2 Å². The lowest BCUT2D eigenvalue weighted by atomic mass is 9.85. The predicted molar refractivity (Wildman–Crippen MR) is 221 cm³/mol. The summed E-state index contributed by atoms with van der Waals surface area (Å²) in [6.45, 7) is 3.25. The average Bonchev–Trinajstić information content (AvgIpc) is 3.19. The minimum absolute atomic E-state index is 0.0898. The van der Waals surface area contributed by atoms with Gasteiger partial charge in [-0.15, -0.1) is 0 Å². The van der Waals surface area contributed by atoms with E-state index < -0.39 is 75.7 Å². The van der Waals surface area contributed by atoms with Gasteiger partial charge >= 0.3 is 19.8 Å². The van der Waals surface area contributed by atoms with Gasteiger partial charge in [-0.3, -0.25) is 18.6 Å². The highest BCUT2D eigenvalue weighted by Gasteiger charge is 2.51. The minimum atomic E-state index is -5.11. The van der Waals surface area contributed by atoms with Crippen LogP contribution in [0, 0.1) is 0 Å². The fourth-order valence-corrected chi connectivity index (χ4v) is 7.89. The Hall–Kier alpha value is -1.41. The molecule has 0 spiro atoms. The lowest BCUT2D eigenvalue weighted by Crippen LogP contribution is -2.64. The van der Waals surface area contributed by atoms with E-state index in [0.29, 0.717) is 12.8 Å². The molecule has 0 amide bonds. The van der Waals surface area contributed by atoms with Crippen LogP contribution in [0.1, 0.15) is 194 Å². The van der Waals surface area contributed by atoms with Crippen LogP contribution >= 0.6 is 7.82 Å². The topological polar surface area (TPSA) is 210 Å². The highest BCUT2D eigenvalue weighted by molar-refractivity contribution is 7.47. The van der Waals surface area contributed by atoms with Crippen LogP contribution in [0.2, 0.25) is 0 Å². The van der Waals surface area contributed by atoms with Gasteiger partial charge in [0.2, 0.25) is 0 Å². The van der Waals surface area contributed by atoms with Crippen molar-refractivity contribution >= 4 is 19.8 Å². The number of phosphoric acid groups is 1. The molecular weight excluding hydrogens is 755 g/mol. The maximum atomic E-state index is 12.8. The van der Waals surface area contributed by atoms with Crippen molar-refractivity contribution in [3.8, 4) is 0 Å². The number of esters is 2. The lowest BCUT2D eigenvalue weighted by Gasteiger charge is -2.41. The summed E-state index contributed by atoms with van der Waals surface area (Å²) >= 11 is 0. The van der Waals surface area contributed by atoms with Crippen molar-refractivity contribution in [2.45, 2.75) is 236 Å². The van der Waals surface area contributed by atoms with E-state index in [2.05, 4.69) is 26.0 Å². The van der Waals surface area contributed by atoms with Crippen LogP contribution in [0.25, 0.3) is 0 Å². The largest absolute Gasteiger partial charge is 0.472 e. The maximum absolute atomic E-state index is 12.8. The van der Waals surface area contributed by atoms with Gasteiger partial charge < -0.3 is 39.9 Å².